The molecule has 0 saturated carbocycles. The average molecular weight is 618 g/mol. The summed E-state index contributed by atoms with van der Waals surface area (Å²) >= 11 is 2.51. The van der Waals surface area contributed by atoms with Crippen molar-refractivity contribution in [2.45, 2.75) is 16.1 Å². The Morgan fingerprint density at radius 3 is 2.56 bits per heavy atom. The summed E-state index contributed by atoms with van der Waals surface area (Å²) in [5, 5.41) is 20.1. The Morgan fingerprint density at radius 1 is 1.07 bits per heavy atom. The maximum Gasteiger partial charge on any atom is 0.301 e. The van der Waals surface area contributed by atoms with E-state index in [1.807, 2.05) is 0 Å². The van der Waals surface area contributed by atoms with Gasteiger partial charge in [-0.25, -0.2) is 4.39 Å². The predicted molar refractivity (Wildman–Crippen MR) is 160 cm³/mol. The molecule has 1 unspecified atom stereocenters. The molecule has 4 aromatic rings. The van der Waals surface area contributed by atoms with E-state index in [0.29, 0.717) is 58.3 Å². The summed E-state index contributed by atoms with van der Waals surface area (Å²) in [6, 6.07) is 16.9. The molecule has 1 N–H and O–H groups in total. The highest BCUT2D eigenvalue weighted by Crippen LogP contribution is 2.45. The third kappa shape index (κ3) is 5.84. The smallest absolute Gasteiger partial charge is 0.301 e. The standard InChI is InChI=1S/C31H24FN3O6S2/c1-2-13-39-22-10-5-19(6-11-22)26-25(27(36)20-7-12-23-24(16-20)41-15-14-40-23)28(37)29(38)35(26)30-33-34-31(43-30)42-17-18-3-8-21(32)9-4-18/h2-12,16,26,36H,1,13-15,17H2/b27-25+. The van der Waals surface area contributed by atoms with E-state index in [1.165, 1.54) is 28.8 Å². The number of aliphatic hydroxyl groups excluding tert-OH is 1. The number of carbonyl (C=O) groups is 2. The van der Waals surface area contributed by atoms with E-state index >= 15 is 0 Å². The number of thioether (sulfide) groups is 1. The first-order valence-corrected chi connectivity index (χ1v) is 15.0. The molecule has 43 heavy (non-hydrogen) atoms. The van der Waals surface area contributed by atoms with Crippen LogP contribution in [0.1, 0.15) is 22.7 Å². The van der Waals surface area contributed by atoms with Crippen LogP contribution >= 0.6 is 23.1 Å². The van der Waals surface area contributed by atoms with Crippen LogP contribution in [-0.4, -0.2) is 46.8 Å². The van der Waals surface area contributed by atoms with Crippen molar-refractivity contribution >= 4 is 45.7 Å². The molecule has 0 bridgehead atoms. The minimum atomic E-state index is -0.996. The third-order valence-corrected chi connectivity index (χ3v) is 8.83. The van der Waals surface area contributed by atoms with Gasteiger partial charge < -0.3 is 19.3 Å². The number of fused-ring (bicyclic) bond motifs is 1. The molecule has 1 aromatic heterocycles. The molecule has 3 heterocycles. The van der Waals surface area contributed by atoms with Crippen molar-refractivity contribution in [1.29, 1.82) is 0 Å². The Balaban J connectivity index is 1.37. The van der Waals surface area contributed by atoms with Gasteiger partial charge in [-0.3, -0.25) is 14.5 Å². The lowest BCUT2D eigenvalue weighted by Crippen LogP contribution is -2.29. The number of ether oxygens (including phenoxy) is 3. The molecule has 3 aromatic carbocycles. The number of rotatable bonds is 9. The highest BCUT2D eigenvalue weighted by Gasteiger charge is 2.48. The highest BCUT2D eigenvalue weighted by molar-refractivity contribution is 8.00. The van der Waals surface area contributed by atoms with Crippen LogP contribution in [0.4, 0.5) is 9.52 Å². The lowest BCUT2D eigenvalue weighted by molar-refractivity contribution is -0.132. The number of amides is 1. The van der Waals surface area contributed by atoms with Crippen molar-refractivity contribution in [2.24, 2.45) is 0 Å². The van der Waals surface area contributed by atoms with Crippen LogP contribution in [0.25, 0.3) is 5.76 Å². The van der Waals surface area contributed by atoms with Crippen molar-refractivity contribution in [1.82, 2.24) is 10.2 Å². The number of aliphatic hydroxyl groups is 1. The van der Waals surface area contributed by atoms with Gasteiger partial charge in [-0.15, -0.1) is 10.2 Å². The van der Waals surface area contributed by atoms with Gasteiger partial charge in [0.05, 0.1) is 11.6 Å². The summed E-state index contributed by atoms with van der Waals surface area (Å²) in [7, 11) is 0. The normalized spacial score (nSPS) is 17.2. The van der Waals surface area contributed by atoms with Crippen LogP contribution < -0.4 is 19.1 Å². The number of hydrogen-bond acceptors (Lipinski definition) is 10. The van der Waals surface area contributed by atoms with Gasteiger partial charge in [-0.1, -0.05) is 60.0 Å². The second-order valence-corrected chi connectivity index (χ2v) is 11.6. The quantitative estimate of drug-likeness (QED) is 0.0610. The molecule has 0 spiro atoms. The van der Waals surface area contributed by atoms with Crippen LogP contribution in [0.2, 0.25) is 0 Å². The fraction of sp³-hybridized carbons (Fsp3) is 0.161. The topological polar surface area (TPSA) is 111 Å². The van der Waals surface area contributed by atoms with Crippen LogP contribution in [-0.2, 0) is 15.3 Å². The van der Waals surface area contributed by atoms with Crippen molar-refractivity contribution in [3.63, 3.8) is 0 Å². The van der Waals surface area contributed by atoms with Gasteiger partial charge in [0.2, 0.25) is 5.13 Å². The van der Waals surface area contributed by atoms with Crippen LogP contribution in [0.3, 0.4) is 0 Å². The summed E-state index contributed by atoms with van der Waals surface area (Å²) < 4.78 is 30.7. The number of hydrogen-bond donors (Lipinski definition) is 1. The van der Waals surface area contributed by atoms with E-state index in [4.69, 9.17) is 14.2 Å². The van der Waals surface area contributed by atoms with E-state index in [2.05, 4.69) is 16.8 Å². The molecule has 1 fully saturated rings. The van der Waals surface area contributed by atoms with Gasteiger partial charge in [0.15, 0.2) is 15.8 Å². The Labute approximate surface area is 254 Å². The minimum absolute atomic E-state index is 0.0999. The molecular weight excluding hydrogens is 593 g/mol. The lowest BCUT2D eigenvalue weighted by Gasteiger charge is -2.23. The summed E-state index contributed by atoms with van der Waals surface area (Å²) in [4.78, 5) is 28.3. The van der Waals surface area contributed by atoms with E-state index in [0.717, 1.165) is 16.9 Å². The number of halogens is 1. The van der Waals surface area contributed by atoms with Crippen molar-refractivity contribution in [3.05, 3.63) is 107 Å². The molecule has 1 saturated heterocycles. The second kappa shape index (κ2) is 12.3. The van der Waals surface area contributed by atoms with Gasteiger partial charge >= 0.3 is 5.91 Å². The molecule has 9 nitrogen and oxygen atoms in total. The number of nitrogens with zero attached hydrogens (tertiary/aromatic N) is 3. The summed E-state index contributed by atoms with van der Waals surface area (Å²) in [5.74, 6) is -0.353. The number of benzene rings is 3. The summed E-state index contributed by atoms with van der Waals surface area (Å²) in [5.41, 5.74) is 1.64. The zero-order valence-electron chi connectivity index (χ0n) is 22.6. The molecule has 1 amide bonds. The summed E-state index contributed by atoms with van der Waals surface area (Å²) in [6.45, 7) is 4.71. The molecular formula is C31H24FN3O6S2. The van der Waals surface area contributed by atoms with E-state index < -0.39 is 17.7 Å². The third-order valence-electron chi connectivity index (χ3n) is 6.70. The minimum Gasteiger partial charge on any atom is -0.507 e. The van der Waals surface area contributed by atoms with Gasteiger partial charge in [0.25, 0.3) is 5.78 Å². The number of carbonyl (C=O) groups excluding carboxylic acids is 2. The maximum absolute atomic E-state index is 13.5. The number of anilines is 1. The molecule has 1 atom stereocenters. The van der Waals surface area contributed by atoms with E-state index in [9.17, 15) is 19.1 Å². The average Bonchev–Trinajstić information content (AvgIpc) is 3.61. The molecule has 2 aliphatic rings. The Bertz CT molecular complexity index is 1720. The molecule has 6 rings (SSSR count). The highest BCUT2D eigenvalue weighted by atomic mass is 32.2. The van der Waals surface area contributed by atoms with Crippen LogP contribution in [0, 0.1) is 5.82 Å². The first-order valence-electron chi connectivity index (χ1n) is 13.2. The molecule has 0 aliphatic carbocycles. The maximum atomic E-state index is 13.5. The monoisotopic (exact) mass is 617 g/mol. The second-order valence-electron chi connectivity index (χ2n) is 9.46. The predicted octanol–water partition coefficient (Wildman–Crippen LogP) is 5.93. The van der Waals surface area contributed by atoms with Crippen molar-refractivity contribution in [3.8, 4) is 17.2 Å². The molecule has 2 aliphatic heterocycles. The van der Waals surface area contributed by atoms with Crippen LogP contribution in [0.15, 0.2) is 89.3 Å². The fourth-order valence-corrected chi connectivity index (χ4v) is 6.50. The van der Waals surface area contributed by atoms with Gasteiger partial charge in [-0.2, -0.15) is 0 Å². The van der Waals surface area contributed by atoms with E-state index in [1.54, 1.807) is 60.7 Å². The summed E-state index contributed by atoms with van der Waals surface area (Å²) in [6.07, 6.45) is 1.62. The Kier molecular flexibility index (Phi) is 8.12. The lowest BCUT2D eigenvalue weighted by atomic mass is 9.95. The number of ketones is 1. The molecule has 218 valence electrons. The Morgan fingerprint density at radius 2 is 1.81 bits per heavy atom. The van der Waals surface area contributed by atoms with Crippen molar-refractivity contribution in [2.75, 3.05) is 24.7 Å². The van der Waals surface area contributed by atoms with Gasteiger partial charge in [0.1, 0.15) is 37.1 Å². The van der Waals surface area contributed by atoms with Gasteiger partial charge in [0, 0.05) is 11.3 Å². The fourth-order valence-electron chi connectivity index (χ4n) is 4.68. The SMILES string of the molecule is C=CCOc1ccc(C2/C(=C(\O)c3ccc4c(c3)OCCO4)C(=O)C(=O)N2c2nnc(SCc3ccc(F)cc3)s2)cc1. The zero-order valence-corrected chi connectivity index (χ0v) is 24.2. The first kappa shape index (κ1) is 28.4. The molecule has 12 heteroatoms. The first-order chi connectivity index (χ1) is 20.9. The van der Waals surface area contributed by atoms with Gasteiger partial charge in [-0.05, 0) is 53.6 Å². The molecule has 0 radical (unpaired) electrons. The number of Topliss-reactive ketones (excluding diaryl/α,β-unsaturated/α-hetero) is 1. The van der Waals surface area contributed by atoms with E-state index in [-0.39, 0.29) is 22.3 Å². The zero-order chi connectivity index (χ0) is 29.9. The largest absolute Gasteiger partial charge is 0.507 e. The Hall–Kier alpha value is -4.68. The van der Waals surface area contributed by atoms with Crippen molar-refractivity contribution < 1.29 is 33.3 Å². The van der Waals surface area contributed by atoms with Crippen LogP contribution in [0.5, 0.6) is 17.2 Å². The number of aromatic nitrogens is 2.